The molecule has 0 heterocycles. The van der Waals surface area contributed by atoms with Gasteiger partial charge in [0.15, 0.2) is 5.75 Å². The normalized spacial score (nSPS) is 18.9. The van der Waals surface area contributed by atoms with Gasteiger partial charge in [0, 0.05) is 5.92 Å². The molecule has 2 N–H and O–H groups in total. The van der Waals surface area contributed by atoms with Gasteiger partial charge in [-0.3, -0.25) is 9.59 Å². The fourth-order valence-electron chi connectivity index (χ4n) is 3.39. The first-order valence-corrected chi connectivity index (χ1v) is 9.60. The van der Waals surface area contributed by atoms with E-state index in [2.05, 4.69) is 5.32 Å². The smallest absolute Gasteiger partial charge is 0.306 e. The number of benzene rings is 2. The largest absolute Gasteiger partial charge is 0.494 e. The van der Waals surface area contributed by atoms with Crippen LogP contribution in [0.1, 0.15) is 32.6 Å². The van der Waals surface area contributed by atoms with E-state index in [1.54, 1.807) is 12.1 Å². The van der Waals surface area contributed by atoms with Crippen molar-refractivity contribution in [3.05, 3.63) is 48.5 Å². The highest BCUT2D eigenvalue weighted by Gasteiger charge is 2.30. The Bertz CT molecular complexity index is 810. The lowest BCUT2D eigenvalue weighted by Crippen LogP contribution is -2.29. The van der Waals surface area contributed by atoms with Crippen molar-refractivity contribution < 1.29 is 24.2 Å². The second-order valence-electron chi connectivity index (χ2n) is 6.88. The van der Waals surface area contributed by atoms with Gasteiger partial charge in [0.05, 0.1) is 18.2 Å². The molecule has 2 aromatic rings. The van der Waals surface area contributed by atoms with Crippen LogP contribution in [0.3, 0.4) is 0 Å². The van der Waals surface area contributed by atoms with Crippen molar-refractivity contribution in [3.63, 3.8) is 0 Å². The molecule has 1 fully saturated rings. The number of carboxylic acids is 1. The van der Waals surface area contributed by atoms with Crippen LogP contribution in [0.2, 0.25) is 0 Å². The second kappa shape index (κ2) is 9.26. The first kappa shape index (κ1) is 19.7. The van der Waals surface area contributed by atoms with Gasteiger partial charge < -0.3 is 19.9 Å². The number of para-hydroxylation sites is 2. The van der Waals surface area contributed by atoms with Crippen LogP contribution in [0.4, 0.5) is 5.69 Å². The Balaban J connectivity index is 1.63. The average Bonchev–Trinajstić information content (AvgIpc) is 2.71. The Hall–Kier alpha value is -3.02. The van der Waals surface area contributed by atoms with Gasteiger partial charge in [0.25, 0.3) is 0 Å². The van der Waals surface area contributed by atoms with Crippen molar-refractivity contribution in [3.8, 4) is 17.2 Å². The third kappa shape index (κ3) is 5.03. The van der Waals surface area contributed by atoms with E-state index < -0.39 is 5.97 Å². The Morgan fingerprint density at radius 1 is 0.964 bits per heavy atom. The maximum atomic E-state index is 12.6. The Labute approximate surface area is 164 Å². The zero-order valence-corrected chi connectivity index (χ0v) is 15.9. The van der Waals surface area contributed by atoms with Gasteiger partial charge >= 0.3 is 5.97 Å². The van der Waals surface area contributed by atoms with Crippen molar-refractivity contribution in [1.29, 1.82) is 0 Å². The summed E-state index contributed by atoms with van der Waals surface area (Å²) >= 11 is 0. The molecule has 148 valence electrons. The van der Waals surface area contributed by atoms with Gasteiger partial charge in [-0.15, -0.1) is 0 Å². The SMILES string of the molecule is CCOc1ccc(Oc2ccccc2NC(=O)C2CCC(C(=O)O)CC2)cc1. The van der Waals surface area contributed by atoms with Crippen LogP contribution in [0.25, 0.3) is 0 Å². The second-order valence-corrected chi connectivity index (χ2v) is 6.88. The lowest BCUT2D eigenvalue weighted by Gasteiger charge is -2.25. The lowest BCUT2D eigenvalue weighted by atomic mass is 9.81. The number of nitrogens with one attached hydrogen (secondary N) is 1. The van der Waals surface area contributed by atoms with E-state index in [1.165, 1.54) is 0 Å². The van der Waals surface area contributed by atoms with Gasteiger partial charge in [0.1, 0.15) is 11.5 Å². The van der Waals surface area contributed by atoms with E-state index in [-0.39, 0.29) is 17.7 Å². The zero-order valence-electron chi connectivity index (χ0n) is 15.9. The molecule has 0 aliphatic heterocycles. The summed E-state index contributed by atoms with van der Waals surface area (Å²) in [6.07, 6.45) is 2.25. The van der Waals surface area contributed by atoms with Crippen LogP contribution >= 0.6 is 0 Å². The number of carboxylic acid groups (broad SMARTS) is 1. The van der Waals surface area contributed by atoms with E-state index in [4.69, 9.17) is 14.6 Å². The minimum atomic E-state index is -0.770. The molecular weight excluding hydrogens is 358 g/mol. The fraction of sp³-hybridized carbons (Fsp3) is 0.364. The maximum absolute atomic E-state index is 12.6. The Morgan fingerprint density at radius 3 is 2.21 bits per heavy atom. The van der Waals surface area contributed by atoms with Crippen molar-refractivity contribution in [1.82, 2.24) is 0 Å². The number of ether oxygens (including phenoxy) is 2. The number of amides is 1. The number of hydrogen-bond donors (Lipinski definition) is 2. The molecule has 1 saturated carbocycles. The van der Waals surface area contributed by atoms with Crippen LogP contribution in [0.15, 0.2) is 48.5 Å². The molecule has 3 rings (SSSR count). The molecule has 6 nitrogen and oxygen atoms in total. The highest BCUT2D eigenvalue weighted by Crippen LogP contribution is 2.33. The van der Waals surface area contributed by atoms with Crippen molar-refractivity contribution in [2.45, 2.75) is 32.6 Å². The average molecular weight is 383 g/mol. The first-order chi connectivity index (χ1) is 13.6. The maximum Gasteiger partial charge on any atom is 0.306 e. The van der Waals surface area contributed by atoms with Gasteiger partial charge in [-0.2, -0.15) is 0 Å². The number of anilines is 1. The third-order valence-electron chi connectivity index (χ3n) is 4.95. The molecular formula is C22H25NO5. The number of rotatable bonds is 7. The molecule has 0 radical (unpaired) electrons. The Morgan fingerprint density at radius 2 is 1.57 bits per heavy atom. The topological polar surface area (TPSA) is 84.9 Å². The van der Waals surface area contributed by atoms with Crippen molar-refractivity contribution in [2.75, 3.05) is 11.9 Å². The number of hydrogen-bond acceptors (Lipinski definition) is 4. The summed E-state index contributed by atoms with van der Waals surface area (Å²) in [6, 6.07) is 14.6. The molecule has 0 saturated heterocycles. The minimum absolute atomic E-state index is 0.0911. The molecule has 28 heavy (non-hydrogen) atoms. The van der Waals surface area contributed by atoms with E-state index in [0.717, 1.165) is 5.75 Å². The monoisotopic (exact) mass is 383 g/mol. The van der Waals surface area contributed by atoms with Crippen LogP contribution < -0.4 is 14.8 Å². The summed E-state index contributed by atoms with van der Waals surface area (Å²) in [6.45, 7) is 2.53. The molecule has 2 aromatic carbocycles. The summed E-state index contributed by atoms with van der Waals surface area (Å²) in [5.41, 5.74) is 0.599. The summed E-state index contributed by atoms with van der Waals surface area (Å²) in [7, 11) is 0. The summed E-state index contributed by atoms with van der Waals surface area (Å²) < 4.78 is 11.4. The number of carbonyl (C=O) groups excluding carboxylic acids is 1. The van der Waals surface area contributed by atoms with Crippen LogP contribution in [0.5, 0.6) is 17.2 Å². The number of aliphatic carboxylic acids is 1. The van der Waals surface area contributed by atoms with Crippen LogP contribution in [-0.2, 0) is 9.59 Å². The van der Waals surface area contributed by atoms with E-state index >= 15 is 0 Å². The Kier molecular flexibility index (Phi) is 6.53. The van der Waals surface area contributed by atoms with Gasteiger partial charge in [-0.25, -0.2) is 0 Å². The zero-order chi connectivity index (χ0) is 19.9. The molecule has 0 bridgehead atoms. The van der Waals surface area contributed by atoms with Gasteiger partial charge in [0.2, 0.25) is 5.91 Å². The predicted molar refractivity (Wildman–Crippen MR) is 106 cm³/mol. The van der Waals surface area contributed by atoms with Gasteiger partial charge in [-0.05, 0) is 69.0 Å². The van der Waals surface area contributed by atoms with Crippen molar-refractivity contribution in [2.24, 2.45) is 11.8 Å². The standard InChI is InChI=1S/C22H25NO5/c1-2-27-17-11-13-18(14-12-17)28-20-6-4-3-5-19(20)23-21(24)15-7-9-16(10-8-15)22(25)26/h3-6,11-16H,2,7-10H2,1H3,(H,23,24)(H,25,26). The van der Waals surface area contributed by atoms with E-state index in [1.807, 2.05) is 43.3 Å². The summed E-state index contributed by atoms with van der Waals surface area (Å²) in [4.78, 5) is 23.7. The highest BCUT2D eigenvalue weighted by molar-refractivity contribution is 5.94. The molecule has 1 amide bonds. The van der Waals surface area contributed by atoms with E-state index in [9.17, 15) is 9.59 Å². The third-order valence-corrected chi connectivity index (χ3v) is 4.95. The van der Waals surface area contributed by atoms with Crippen LogP contribution in [0, 0.1) is 11.8 Å². The lowest BCUT2D eigenvalue weighted by molar-refractivity contribution is -0.143. The summed E-state index contributed by atoms with van der Waals surface area (Å²) in [5, 5.41) is 12.0. The van der Waals surface area contributed by atoms with Gasteiger partial charge in [-0.1, -0.05) is 12.1 Å². The quantitative estimate of drug-likeness (QED) is 0.723. The molecule has 0 spiro atoms. The molecule has 1 aliphatic carbocycles. The molecule has 1 aliphatic rings. The molecule has 6 heteroatoms. The molecule has 0 aromatic heterocycles. The van der Waals surface area contributed by atoms with Crippen LogP contribution in [-0.4, -0.2) is 23.6 Å². The summed E-state index contributed by atoms with van der Waals surface area (Å²) in [5.74, 6) is 0.604. The van der Waals surface area contributed by atoms with Crippen molar-refractivity contribution >= 4 is 17.6 Å². The minimum Gasteiger partial charge on any atom is -0.494 e. The molecule has 0 unspecified atom stereocenters. The fourth-order valence-corrected chi connectivity index (χ4v) is 3.39. The number of carbonyl (C=O) groups is 2. The first-order valence-electron chi connectivity index (χ1n) is 9.60. The highest BCUT2D eigenvalue weighted by atomic mass is 16.5. The van der Waals surface area contributed by atoms with E-state index in [0.29, 0.717) is 49.5 Å². The molecule has 0 atom stereocenters. The predicted octanol–water partition coefficient (Wildman–Crippen LogP) is 4.71.